The molecule has 0 bridgehead atoms. The highest BCUT2D eigenvalue weighted by Crippen LogP contribution is 2.23. The fraction of sp³-hybridized carbons (Fsp3) is 0.500. The Morgan fingerprint density at radius 3 is 2.90 bits per heavy atom. The summed E-state index contributed by atoms with van der Waals surface area (Å²) >= 11 is 1.71. The molecular weight excluding hydrogens is 144 g/mol. The average Bonchev–Trinajstić information content (AvgIpc) is 2.36. The van der Waals surface area contributed by atoms with E-state index in [1.165, 1.54) is 12.0 Å². The van der Waals surface area contributed by atoms with E-state index in [2.05, 4.69) is 12.3 Å². The Bertz CT molecular complexity index is 193. The molecule has 0 radical (unpaired) electrons. The van der Waals surface area contributed by atoms with E-state index in [9.17, 15) is 0 Å². The van der Waals surface area contributed by atoms with Gasteiger partial charge in [-0.1, -0.05) is 13.3 Å². The number of thiophene rings is 1. The lowest BCUT2D eigenvalue weighted by atomic mass is 10.2. The lowest BCUT2D eigenvalue weighted by molar-refractivity contribution is 0.411. The van der Waals surface area contributed by atoms with Crippen LogP contribution in [0.3, 0.4) is 0 Å². The molecule has 0 aliphatic heterocycles. The van der Waals surface area contributed by atoms with Crippen LogP contribution in [0.15, 0.2) is 10.8 Å². The Hall–Kier alpha value is -0.500. The van der Waals surface area contributed by atoms with Crippen LogP contribution >= 0.6 is 11.3 Å². The van der Waals surface area contributed by atoms with Crippen molar-refractivity contribution in [2.24, 2.45) is 0 Å². The summed E-state index contributed by atoms with van der Waals surface area (Å²) in [6, 6.07) is 0. The van der Waals surface area contributed by atoms with Gasteiger partial charge < -0.3 is 4.74 Å². The third-order valence-electron chi connectivity index (χ3n) is 1.44. The fourth-order valence-electron chi connectivity index (χ4n) is 0.942. The summed E-state index contributed by atoms with van der Waals surface area (Å²) in [6.07, 6.45) is 2.32. The van der Waals surface area contributed by atoms with E-state index in [4.69, 9.17) is 4.74 Å². The average molecular weight is 156 g/mol. The molecule has 0 unspecified atom stereocenters. The van der Waals surface area contributed by atoms with Gasteiger partial charge in [-0.2, -0.15) is 0 Å². The Morgan fingerprint density at radius 2 is 2.30 bits per heavy atom. The molecule has 0 amide bonds. The number of aryl methyl sites for hydroxylation is 1. The summed E-state index contributed by atoms with van der Waals surface area (Å²) < 4.78 is 5.15. The van der Waals surface area contributed by atoms with Gasteiger partial charge in [-0.3, -0.25) is 0 Å². The highest BCUT2D eigenvalue weighted by molar-refractivity contribution is 7.08. The summed E-state index contributed by atoms with van der Waals surface area (Å²) in [7, 11) is 1.72. The van der Waals surface area contributed by atoms with Crippen molar-refractivity contribution in [1.29, 1.82) is 0 Å². The molecule has 0 fully saturated rings. The van der Waals surface area contributed by atoms with E-state index in [1.54, 1.807) is 18.4 Å². The van der Waals surface area contributed by atoms with Crippen LogP contribution in [-0.4, -0.2) is 7.11 Å². The molecule has 1 heterocycles. The summed E-state index contributed by atoms with van der Waals surface area (Å²) in [5.41, 5.74) is 1.34. The highest BCUT2D eigenvalue weighted by Gasteiger charge is 2.00. The molecule has 0 aliphatic carbocycles. The van der Waals surface area contributed by atoms with Crippen molar-refractivity contribution >= 4 is 11.3 Å². The van der Waals surface area contributed by atoms with Gasteiger partial charge in [-0.05, 0) is 11.8 Å². The van der Waals surface area contributed by atoms with Gasteiger partial charge in [0.1, 0.15) is 5.75 Å². The molecular formula is C8H12OS. The zero-order valence-corrected chi connectivity index (χ0v) is 7.20. The lowest BCUT2D eigenvalue weighted by Crippen LogP contribution is -1.85. The second-order valence-electron chi connectivity index (χ2n) is 2.22. The van der Waals surface area contributed by atoms with Crippen LogP contribution in [0.2, 0.25) is 0 Å². The quantitative estimate of drug-likeness (QED) is 0.653. The maximum atomic E-state index is 5.15. The van der Waals surface area contributed by atoms with Crippen LogP contribution in [0.4, 0.5) is 0 Å². The maximum absolute atomic E-state index is 5.15. The summed E-state index contributed by atoms with van der Waals surface area (Å²) in [5.74, 6) is 1.05. The van der Waals surface area contributed by atoms with Crippen LogP contribution in [-0.2, 0) is 6.42 Å². The Balaban J connectivity index is 2.70. The molecule has 0 N–H and O–H groups in total. The third kappa shape index (κ3) is 1.51. The normalized spacial score (nSPS) is 9.80. The fourth-order valence-corrected chi connectivity index (χ4v) is 1.78. The zero-order chi connectivity index (χ0) is 7.40. The first kappa shape index (κ1) is 7.61. The van der Waals surface area contributed by atoms with Gasteiger partial charge in [0.05, 0.1) is 7.11 Å². The molecule has 0 saturated heterocycles. The first-order chi connectivity index (χ1) is 4.88. The first-order valence-corrected chi connectivity index (χ1v) is 4.41. The maximum Gasteiger partial charge on any atom is 0.132 e. The molecule has 0 spiro atoms. The van der Waals surface area contributed by atoms with Crippen molar-refractivity contribution in [2.45, 2.75) is 19.8 Å². The summed E-state index contributed by atoms with van der Waals surface area (Å²) in [4.78, 5) is 0. The molecule has 0 aliphatic rings. The van der Waals surface area contributed by atoms with Gasteiger partial charge in [-0.15, -0.1) is 11.3 Å². The molecule has 2 heteroatoms. The van der Waals surface area contributed by atoms with Crippen molar-refractivity contribution in [3.8, 4) is 5.75 Å². The lowest BCUT2D eigenvalue weighted by Gasteiger charge is -1.98. The van der Waals surface area contributed by atoms with Crippen LogP contribution in [0, 0.1) is 0 Å². The number of rotatable bonds is 3. The van der Waals surface area contributed by atoms with E-state index in [-0.39, 0.29) is 0 Å². The molecule has 0 aromatic carbocycles. The van der Waals surface area contributed by atoms with E-state index >= 15 is 0 Å². The first-order valence-electron chi connectivity index (χ1n) is 3.47. The van der Waals surface area contributed by atoms with E-state index in [0.29, 0.717) is 0 Å². The van der Waals surface area contributed by atoms with E-state index in [1.807, 2.05) is 5.38 Å². The Kier molecular flexibility index (Phi) is 2.75. The van der Waals surface area contributed by atoms with Crippen LogP contribution in [0.1, 0.15) is 18.9 Å². The van der Waals surface area contributed by atoms with Crippen molar-refractivity contribution in [1.82, 2.24) is 0 Å². The second kappa shape index (κ2) is 3.62. The topological polar surface area (TPSA) is 9.23 Å². The Morgan fingerprint density at radius 1 is 1.50 bits per heavy atom. The SMILES string of the molecule is CCCc1cscc1OC. The molecule has 1 rings (SSSR count). The largest absolute Gasteiger partial charge is 0.496 e. The van der Waals surface area contributed by atoms with Gasteiger partial charge in [0.2, 0.25) is 0 Å². The van der Waals surface area contributed by atoms with Gasteiger partial charge in [0.15, 0.2) is 0 Å². The molecule has 0 saturated carbocycles. The second-order valence-corrected chi connectivity index (χ2v) is 2.96. The summed E-state index contributed by atoms with van der Waals surface area (Å²) in [6.45, 7) is 2.18. The standard InChI is InChI=1S/C8H12OS/c1-3-4-7-5-10-6-8(7)9-2/h5-6H,3-4H2,1-2H3. The van der Waals surface area contributed by atoms with Gasteiger partial charge >= 0.3 is 0 Å². The number of hydrogen-bond donors (Lipinski definition) is 0. The smallest absolute Gasteiger partial charge is 0.132 e. The van der Waals surface area contributed by atoms with Gasteiger partial charge in [0.25, 0.3) is 0 Å². The van der Waals surface area contributed by atoms with Crippen LogP contribution < -0.4 is 4.74 Å². The van der Waals surface area contributed by atoms with E-state index in [0.717, 1.165) is 12.2 Å². The van der Waals surface area contributed by atoms with Crippen molar-refractivity contribution in [3.05, 3.63) is 16.3 Å². The minimum Gasteiger partial charge on any atom is -0.496 e. The summed E-state index contributed by atoms with van der Waals surface area (Å²) in [5, 5.41) is 4.20. The zero-order valence-electron chi connectivity index (χ0n) is 6.39. The highest BCUT2D eigenvalue weighted by atomic mass is 32.1. The molecule has 0 atom stereocenters. The number of methoxy groups -OCH3 is 1. The monoisotopic (exact) mass is 156 g/mol. The van der Waals surface area contributed by atoms with Gasteiger partial charge in [0, 0.05) is 10.9 Å². The minimum absolute atomic E-state index is 1.05. The van der Waals surface area contributed by atoms with E-state index < -0.39 is 0 Å². The number of hydrogen-bond acceptors (Lipinski definition) is 2. The predicted octanol–water partition coefficient (Wildman–Crippen LogP) is 2.71. The number of ether oxygens (including phenoxy) is 1. The van der Waals surface area contributed by atoms with Crippen LogP contribution in [0.5, 0.6) is 5.75 Å². The molecule has 56 valence electrons. The molecule has 1 nitrogen and oxygen atoms in total. The molecule has 1 aromatic rings. The third-order valence-corrected chi connectivity index (χ3v) is 2.21. The molecule has 10 heavy (non-hydrogen) atoms. The molecule has 1 aromatic heterocycles. The Labute approximate surface area is 65.6 Å². The van der Waals surface area contributed by atoms with Crippen molar-refractivity contribution in [2.75, 3.05) is 7.11 Å². The van der Waals surface area contributed by atoms with Crippen LogP contribution in [0.25, 0.3) is 0 Å². The van der Waals surface area contributed by atoms with Crippen molar-refractivity contribution in [3.63, 3.8) is 0 Å². The van der Waals surface area contributed by atoms with Crippen molar-refractivity contribution < 1.29 is 4.74 Å². The van der Waals surface area contributed by atoms with Gasteiger partial charge in [-0.25, -0.2) is 0 Å². The minimum atomic E-state index is 1.05. The predicted molar refractivity (Wildman–Crippen MR) is 44.9 cm³/mol.